The fraction of sp³-hybridized carbons (Fsp3) is 0.467. The number of fused-ring (bicyclic) bond motifs is 1. The Morgan fingerprint density at radius 2 is 2.00 bits per heavy atom. The number of hydrogen-bond acceptors (Lipinski definition) is 2. The average molecular weight is 316 g/mol. The van der Waals surface area contributed by atoms with Crippen molar-refractivity contribution < 1.29 is 13.2 Å². The summed E-state index contributed by atoms with van der Waals surface area (Å²) in [4.78, 5) is 0. The number of nitrogens with zero attached hydrogens (tertiary/aromatic N) is 1. The first-order valence-electron chi connectivity index (χ1n) is 6.87. The molecule has 0 amide bonds. The number of halogens is 3. The number of aryl methyl sites for hydroxylation is 1. The summed E-state index contributed by atoms with van der Waals surface area (Å²) in [6.45, 7) is 5.27. The van der Waals surface area contributed by atoms with E-state index in [-0.39, 0.29) is 17.5 Å². The van der Waals surface area contributed by atoms with Crippen molar-refractivity contribution in [2.45, 2.75) is 38.5 Å². The first kappa shape index (κ1) is 16.2. The van der Waals surface area contributed by atoms with E-state index in [9.17, 15) is 13.2 Å². The van der Waals surface area contributed by atoms with Crippen molar-refractivity contribution in [1.82, 2.24) is 9.88 Å². The highest BCUT2D eigenvalue weighted by atomic mass is 32.2. The Balaban J connectivity index is 2.07. The molecule has 1 N–H and O–H groups in total. The highest BCUT2D eigenvalue weighted by molar-refractivity contribution is 8.00. The lowest BCUT2D eigenvalue weighted by molar-refractivity contribution is -0.0328. The molecular formula is C15H19F3N2S. The molecule has 2 rings (SSSR count). The second-order valence-corrected chi connectivity index (χ2v) is 6.39. The maximum absolute atomic E-state index is 12.2. The number of nitrogens with one attached hydrogen (secondary N) is 1. The van der Waals surface area contributed by atoms with E-state index in [1.54, 1.807) is 0 Å². The van der Waals surface area contributed by atoms with Crippen molar-refractivity contribution in [1.29, 1.82) is 0 Å². The van der Waals surface area contributed by atoms with Crippen LogP contribution in [0.25, 0.3) is 10.9 Å². The number of rotatable bonds is 6. The average Bonchev–Trinajstić information content (AvgIpc) is 2.78. The molecule has 0 fully saturated rings. The molecular weight excluding hydrogens is 297 g/mol. The Kier molecular flexibility index (Phi) is 5.22. The van der Waals surface area contributed by atoms with Crippen LogP contribution in [0.1, 0.15) is 19.4 Å². The van der Waals surface area contributed by atoms with Crippen LogP contribution in [-0.2, 0) is 13.1 Å². The lowest BCUT2D eigenvalue weighted by Gasteiger charge is -2.10. The van der Waals surface area contributed by atoms with E-state index >= 15 is 0 Å². The molecule has 0 bridgehead atoms. The molecule has 116 valence electrons. The van der Waals surface area contributed by atoms with Gasteiger partial charge in [0.1, 0.15) is 0 Å². The van der Waals surface area contributed by atoms with Gasteiger partial charge in [-0.3, -0.25) is 0 Å². The predicted molar refractivity (Wildman–Crippen MR) is 82.4 cm³/mol. The summed E-state index contributed by atoms with van der Waals surface area (Å²) in [7, 11) is 0. The Hall–Kier alpha value is -1.14. The third-order valence-corrected chi connectivity index (χ3v) is 3.86. The third kappa shape index (κ3) is 4.97. The molecule has 6 heteroatoms. The van der Waals surface area contributed by atoms with Crippen LogP contribution in [0.5, 0.6) is 0 Å². The molecule has 0 atom stereocenters. The second-order valence-electron chi connectivity index (χ2n) is 5.23. The Labute approximate surface area is 126 Å². The largest absolute Gasteiger partial charge is 0.441 e. The predicted octanol–water partition coefficient (Wildman–Crippen LogP) is 4.39. The number of thioether (sulfide) groups is 1. The van der Waals surface area contributed by atoms with Gasteiger partial charge in [0.25, 0.3) is 0 Å². The monoisotopic (exact) mass is 316 g/mol. The van der Waals surface area contributed by atoms with Gasteiger partial charge in [0.05, 0.1) is 0 Å². The van der Waals surface area contributed by atoms with Gasteiger partial charge in [-0.2, -0.15) is 13.2 Å². The van der Waals surface area contributed by atoms with Gasteiger partial charge in [-0.15, -0.1) is 0 Å². The summed E-state index contributed by atoms with van der Waals surface area (Å²) < 4.78 is 38.4. The molecule has 0 radical (unpaired) electrons. The van der Waals surface area contributed by atoms with Gasteiger partial charge in [-0.1, -0.05) is 26.0 Å². The normalized spacial score (nSPS) is 12.5. The summed E-state index contributed by atoms with van der Waals surface area (Å²) in [6.07, 6.45) is 1.85. The summed E-state index contributed by atoms with van der Waals surface area (Å²) in [6, 6.07) is 8.44. The van der Waals surface area contributed by atoms with Crippen LogP contribution < -0.4 is 5.32 Å². The fourth-order valence-electron chi connectivity index (χ4n) is 2.12. The Morgan fingerprint density at radius 1 is 1.24 bits per heavy atom. The van der Waals surface area contributed by atoms with Crippen molar-refractivity contribution in [3.8, 4) is 0 Å². The van der Waals surface area contributed by atoms with Crippen molar-refractivity contribution in [2.75, 3.05) is 5.75 Å². The number of benzene rings is 1. The van der Waals surface area contributed by atoms with Gasteiger partial charge in [0.2, 0.25) is 0 Å². The van der Waals surface area contributed by atoms with Gasteiger partial charge >= 0.3 is 5.51 Å². The van der Waals surface area contributed by atoms with E-state index in [2.05, 4.69) is 19.2 Å². The molecule has 1 aromatic carbocycles. The van der Waals surface area contributed by atoms with Crippen LogP contribution >= 0.6 is 11.8 Å². The maximum atomic E-state index is 12.2. The fourth-order valence-corrected chi connectivity index (χ4v) is 2.64. The summed E-state index contributed by atoms with van der Waals surface area (Å²) in [5.41, 5.74) is -2.03. The zero-order chi connectivity index (χ0) is 15.5. The molecule has 0 aliphatic carbocycles. The van der Waals surface area contributed by atoms with Gasteiger partial charge < -0.3 is 9.88 Å². The van der Waals surface area contributed by atoms with E-state index in [0.29, 0.717) is 12.6 Å². The zero-order valence-electron chi connectivity index (χ0n) is 12.1. The molecule has 21 heavy (non-hydrogen) atoms. The molecule has 0 aliphatic heterocycles. The quantitative estimate of drug-likeness (QED) is 0.851. The molecule has 2 nitrogen and oxygen atoms in total. The number of aromatic nitrogens is 1. The van der Waals surface area contributed by atoms with Crippen molar-refractivity contribution in [2.24, 2.45) is 0 Å². The molecule has 0 spiro atoms. The van der Waals surface area contributed by atoms with Gasteiger partial charge in [-0.25, -0.2) is 0 Å². The van der Waals surface area contributed by atoms with Gasteiger partial charge in [-0.05, 0) is 34.8 Å². The minimum atomic E-state index is -4.16. The summed E-state index contributed by atoms with van der Waals surface area (Å²) in [5.74, 6) is 0.0295. The number of hydrogen-bond donors (Lipinski definition) is 1. The van der Waals surface area contributed by atoms with Crippen LogP contribution in [0, 0.1) is 0 Å². The minimum absolute atomic E-state index is 0.0256. The molecule has 1 aromatic heterocycles. The molecule has 2 aromatic rings. The first-order valence-corrected chi connectivity index (χ1v) is 7.85. The first-order chi connectivity index (χ1) is 9.85. The van der Waals surface area contributed by atoms with E-state index in [4.69, 9.17) is 0 Å². The van der Waals surface area contributed by atoms with Crippen LogP contribution in [-0.4, -0.2) is 21.9 Å². The van der Waals surface area contributed by atoms with Gasteiger partial charge in [0, 0.05) is 36.6 Å². The molecule has 0 saturated carbocycles. The van der Waals surface area contributed by atoms with Crippen LogP contribution in [0.15, 0.2) is 30.5 Å². The van der Waals surface area contributed by atoms with E-state index in [1.165, 1.54) is 0 Å². The summed E-state index contributed by atoms with van der Waals surface area (Å²) >= 11 is 0.0256. The lowest BCUT2D eigenvalue weighted by Crippen LogP contribution is -2.21. The van der Waals surface area contributed by atoms with E-state index in [1.807, 2.05) is 35.0 Å². The number of alkyl halides is 3. The lowest BCUT2D eigenvalue weighted by atomic mass is 10.1. The Bertz CT molecular complexity index is 590. The van der Waals surface area contributed by atoms with Crippen LogP contribution in [0.2, 0.25) is 0 Å². The summed E-state index contributed by atoms with van der Waals surface area (Å²) in [5, 5.41) is 4.39. The standard InChI is InChI=1S/C15H19F3N2S/c1-11(2)19-10-12-3-4-13-5-6-20(14(13)9-12)7-8-21-15(16,17)18/h3-6,9,11,19H,7-8,10H2,1-2H3. The van der Waals surface area contributed by atoms with Crippen LogP contribution in [0.4, 0.5) is 13.2 Å². The highest BCUT2D eigenvalue weighted by Gasteiger charge is 2.27. The maximum Gasteiger partial charge on any atom is 0.441 e. The third-order valence-electron chi connectivity index (χ3n) is 3.15. The highest BCUT2D eigenvalue weighted by Crippen LogP contribution is 2.30. The van der Waals surface area contributed by atoms with Gasteiger partial charge in [0.15, 0.2) is 0 Å². The SMILES string of the molecule is CC(C)NCc1ccc2ccn(CCSC(F)(F)F)c2c1. The van der Waals surface area contributed by atoms with E-state index < -0.39 is 5.51 Å². The van der Waals surface area contributed by atoms with Crippen molar-refractivity contribution >= 4 is 22.7 Å². The Morgan fingerprint density at radius 3 is 2.67 bits per heavy atom. The van der Waals surface area contributed by atoms with Crippen LogP contribution in [0.3, 0.4) is 0 Å². The zero-order valence-corrected chi connectivity index (χ0v) is 12.9. The van der Waals surface area contributed by atoms with Crippen molar-refractivity contribution in [3.63, 3.8) is 0 Å². The molecule has 0 saturated heterocycles. The minimum Gasteiger partial charge on any atom is -0.347 e. The molecule has 0 aliphatic rings. The second kappa shape index (κ2) is 6.75. The smallest absolute Gasteiger partial charge is 0.347 e. The van der Waals surface area contributed by atoms with E-state index in [0.717, 1.165) is 23.0 Å². The van der Waals surface area contributed by atoms with Crippen molar-refractivity contribution in [3.05, 3.63) is 36.0 Å². The molecule has 1 heterocycles. The topological polar surface area (TPSA) is 17.0 Å². The molecule has 0 unspecified atom stereocenters.